The van der Waals surface area contributed by atoms with Crippen LogP contribution in [0.4, 0.5) is 0 Å². The Kier molecular flexibility index (Phi) is 2.05. The number of aromatic nitrogens is 1. The van der Waals surface area contributed by atoms with Crippen LogP contribution < -0.4 is 0 Å². The zero-order valence-electron chi connectivity index (χ0n) is 8.94. The van der Waals surface area contributed by atoms with Crippen molar-refractivity contribution < 1.29 is 9.59 Å². The number of hydrogen-bond donors (Lipinski definition) is 1. The molecule has 0 spiro atoms. The second-order valence-electron chi connectivity index (χ2n) is 3.90. The van der Waals surface area contributed by atoms with Gasteiger partial charge in [0.1, 0.15) is 0 Å². The first-order valence-electron chi connectivity index (χ1n) is 5.29. The van der Waals surface area contributed by atoms with E-state index < -0.39 is 0 Å². The Morgan fingerprint density at radius 3 is 2.47 bits per heavy atom. The van der Waals surface area contributed by atoms with Crippen molar-refractivity contribution in [1.82, 2.24) is 4.98 Å². The van der Waals surface area contributed by atoms with Gasteiger partial charge >= 0.3 is 0 Å². The standard InChI is InChI=1S/C14H9NO2/c16-7-9-5-6-11-10-3-1-2-4-13(10)15-14(11)12(9)8-17/h1-8,15H. The van der Waals surface area contributed by atoms with E-state index in [4.69, 9.17) is 0 Å². The van der Waals surface area contributed by atoms with Crippen LogP contribution in [0.25, 0.3) is 21.8 Å². The highest BCUT2D eigenvalue weighted by Gasteiger charge is 2.10. The molecule has 17 heavy (non-hydrogen) atoms. The van der Waals surface area contributed by atoms with E-state index in [1.807, 2.05) is 30.3 Å². The van der Waals surface area contributed by atoms with Crippen LogP contribution in [0.1, 0.15) is 20.7 Å². The summed E-state index contributed by atoms with van der Waals surface area (Å²) in [5.41, 5.74) is 2.53. The molecule has 0 unspecified atom stereocenters. The number of carbonyl (C=O) groups excluding carboxylic acids is 2. The summed E-state index contributed by atoms with van der Waals surface area (Å²) in [6.45, 7) is 0. The predicted molar refractivity (Wildman–Crippen MR) is 66.6 cm³/mol. The van der Waals surface area contributed by atoms with E-state index in [0.29, 0.717) is 17.4 Å². The van der Waals surface area contributed by atoms with Gasteiger partial charge in [-0.25, -0.2) is 0 Å². The van der Waals surface area contributed by atoms with E-state index >= 15 is 0 Å². The second kappa shape index (κ2) is 3.56. The fourth-order valence-electron chi connectivity index (χ4n) is 2.19. The Labute approximate surface area is 97.1 Å². The van der Waals surface area contributed by atoms with Crippen LogP contribution in [0.2, 0.25) is 0 Å². The molecular weight excluding hydrogens is 214 g/mol. The number of rotatable bonds is 2. The van der Waals surface area contributed by atoms with Gasteiger partial charge in [0.15, 0.2) is 12.6 Å². The number of H-pyrrole nitrogens is 1. The maximum absolute atomic E-state index is 11.1. The lowest BCUT2D eigenvalue weighted by Crippen LogP contribution is -1.91. The fourth-order valence-corrected chi connectivity index (χ4v) is 2.19. The molecule has 0 fully saturated rings. The number of fused-ring (bicyclic) bond motifs is 3. The van der Waals surface area contributed by atoms with Crippen LogP contribution in [0.15, 0.2) is 36.4 Å². The van der Waals surface area contributed by atoms with Crippen molar-refractivity contribution in [2.24, 2.45) is 0 Å². The number of para-hydroxylation sites is 1. The second-order valence-corrected chi connectivity index (χ2v) is 3.90. The largest absolute Gasteiger partial charge is 0.354 e. The van der Waals surface area contributed by atoms with Gasteiger partial charge in [0.2, 0.25) is 0 Å². The molecule has 82 valence electrons. The molecular formula is C14H9NO2. The van der Waals surface area contributed by atoms with Crippen LogP contribution in [-0.2, 0) is 0 Å². The third kappa shape index (κ3) is 1.29. The van der Waals surface area contributed by atoms with Crippen molar-refractivity contribution in [2.75, 3.05) is 0 Å². The topological polar surface area (TPSA) is 49.9 Å². The van der Waals surface area contributed by atoms with Crippen molar-refractivity contribution >= 4 is 34.4 Å². The first-order valence-corrected chi connectivity index (χ1v) is 5.29. The van der Waals surface area contributed by atoms with Crippen LogP contribution in [0, 0.1) is 0 Å². The zero-order valence-corrected chi connectivity index (χ0v) is 8.94. The monoisotopic (exact) mass is 223 g/mol. The predicted octanol–water partition coefficient (Wildman–Crippen LogP) is 2.95. The maximum atomic E-state index is 11.1. The van der Waals surface area contributed by atoms with E-state index in [9.17, 15) is 9.59 Å². The Bertz CT molecular complexity index is 740. The lowest BCUT2D eigenvalue weighted by Gasteiger charge is -1.98. The summed E-state index contributed by atoms with van der Waals surface area (Å²) >= 11 is 0. The molecule has 0 aliphatic rings. The number of nitrogens with one attached hydrogen (secondary N) is 1. The molecule has 3 nitrogen and oxygen atoms in total. The molecule has 0 saturated heterocycles. The highest BCUT2D eigenvalue weighted by molar-refractivity contribution is 6.14. The molecule has 0 saturated carbocycles. The van der Waals surface area contributed by atoms with Gasteiger partial charge in [-0.1, -0.05) is 30.3 Å². The molecule has 0 aliphatic heterocycles. The summed E-state index contributed by atoms with van der Waals surface area (Å²) in [4.78, 5) is 25.2. The molecule has 3 aromatic rings. The molecule has 0 atom stereocenters. The smallest absolute Gasteiger partial charge is 0.152 e. The minimum atomic E-state index is 0.416. The number of aromatic amines is 1. The van der Waals surface area contributed by atoms with Crippen molar-refractivity contribution in [3.63, 3.8) is 0 Å². The Morgan fingerprint density at radius 1 is 0.882 bits per heavy atom. The zero-order chi connectivity index (χ0) is 11.8. The number of aldehydes is 2. The highest BCUT2D eigenvalue weighted by atomic mass is 16.1. The van der Waals surface area contributed by atoms with E-state index in [0.717, 1.165) is 28.1 Å². The van der Waals surface area contributed by atoms with E-state index in [1.54, 1.807) is 6.07 Å². The third-order valence-corrected chi connectivity index (χ3v) is 3.00. The van der Waals surface area contributed by atoms with Crippen LogP contribution in [0.3, 0.4) is 0 Å². The minimum Gasteiger partial charge on any atom is -0.354 e. The third-order valence-electron chi connectivity index (χ3n) is 3.00. The average molecular weight is 223 g/mol. The van der Waals surface area contributed by atoms with Crippen molar-refractivity contribution in [3.05, 3.63) is 47.5 Å². The molecule has 0 bridgehead atoms. The molecule has 3 rings (SSSR count). The normalized spacial score (nSPS) is 10.8. The highest BCUT2D eigenvalue weighted by Crippen LogP contribution is 2.28. The van der Waals surface area contributed by atoms with Crippen LogP contribution in [0.5, 0.6) is 0 Å². The summed E-state index contributed by atoms with van der Waals surface area (Å²) in [5.74, 6) is 0. The lowest BCUT2D eigenvalue weighted by atomic mass is 10.0. The first-order chi connectivity index (χ1) is 8.35. The van der Waals surface area contributed by atoms with Gasteiger partial charge in [-0.05, 0) is 6.07 Å². The molecule has 1 heterocycles. The summed E-state index contributed by atoms with van der Waals surface area (Å²) in [6, 6.07) is 11.4. The first kappa shape index (κ1) is 9.78. The molecule has 1 aromatic heterocycles. The van der Waals surface area contributed by atoms with Crippen molar-refractivity contribution in [2.45, 2.75) is 0 Å². The van der Waals surface area contributed by atoms with Gasteiger partial charge < -0.3 is 4.98 Å². The molecule has 3 heteroatoms. The Morgan fingerprint density at radius 2 is 1.71 bits per heavy atom. The molecule has 0 amide bonds. The van der Waals surface area contributed by atoms with Gasteiger partial charge in [0.25, 0.3) is 0 Å². The molecule has 1 N–H and O–H groups in total. The molecule has 0 aliphatic carbocycles. The summed E-state index contributed by atoms with van der Waals surface area (Å²) in [5, 5.41) is 2.02. The van der Waals surface area contributed by atoms with Crippen LogP contribution >= 0.6 is 0 Å². The quantitative estimate of drug-likeness (QED) is 0.679. The SMILES string of the molecule is O=Cc1ccc2c([nH]c3ccccc32)c1C=O. The summed E-state index contributed by atoms with van der Waals surface area (Å²) < 4.78 is 0. The lowest BCUT2D eigenvalue weighted by molar-refractivity contribution is 0.109. The number of carbonyl (C=O) groups is 2. The fraction of sp³-hybridized carbons (Fsp3) is 0. The van der Waals surface area contributed by atoms with Crippen molar-refractivity contribution in [3.8, 4) is 0 Å². The summed E-state index contributed by atoms with van der Waals surface area (Å²) in [6.07, 6.45) is 1.43. The Balaban J connectivity index is 2.55. The van der Waals surface area contributed by atoms with E-state index in [-0.39, 0.29) is 0 Å². The van der Waals surface area contributed by atoms with E-state index in [2.05, 4.69) is 4.98 Å². The van der Waals surface area contributed by atoms with Gasteiger partial charge in [-0.15, -0.1) is 0 Å². The minimum absolute atomic E-state index is 0.416. The Hall–Kier alpha value is -2.42. The van der Waals surface area contributed by atoms with Gasteiger partial charge in [0.05, 0.1) is 5.52 Å². The summed E-state index contributed by atoms with van der Waals surface area (Å²) in [7, 11) is 0. The molecule has 0 radical (unpaired) electrons. The van der Waals surface area contributed by atoms with Gasteiger partial charge in [0, 0.05) is 27.4 Å². The van der Waals surface area contributed by atoms with Crippen molar-refractivity contribution in [1.29, 1.82) is 0 Å². The number of hydrogen-bond acceptors (Lipinski definition) is 2. The van der Waals surface area contributed by atoms with Gasteiger partial charge in [-0.3, -0.25) is 9.59 Å². The molecule has 2 aromatic carbocycles. The van der Waals surface area contributed by atoms with Gasteiger partial charge in [-0.2, -0.15) is 0 Å². The van der Waals surface area contributed by atoms with Crippen LogP contribution in [-0.4, -0.2) is 17.6 Å². The maximum Gasteiger partial charge on any atom is 0.152 e. The average Bonchev–Trinajstić information content (AvgIpc) is 2.75. The number of benzene rings is 2. The van der Waals surface area contributed by atoms with E-state index in [1.165, 1.54) is 0 Å².